The number of aromatic nitrogens is 4. The lowest BCUT2D eigenvalue weighted by Crippen LogP contribution is -2.30. The van der Waals surface area contributed by atoms with Gasteiger partial charge in [-0.25, -0.2) is 9.59 Å². The molecular weight excluding hydrogens is 428 g/mol. The van der Waals surface area contributed by atoms with Crippen molar-refractivity contribution in [1.82, 2.24) is 19.1 Å². The van der Waals surface area contributed by atoms with Crippen molar-refractivity contribution in [2.75, 3.05) is 6.61 Å². The van der Waals surface area contributed by atoms with Crippen molar-refractivity contribution in [1.29, 1.82) is 0 Å². The maximum atomic E-state index is 12.6. The zero-order valence-electron chi connectivity index (χ0n) is 18.0. The van der Waals surface area contributed by atoms with Crippen LogP contribution in [-0.4, -0.2) is 42.9 Å². The molecule has 0 saturated carbocycles. The van der Waals surface area contributed by atoms with Gasteiger partial charge >= 0.3 is 17.7 Å². The Kier molecular flexibility index (Phi) is 6.09. The zero-order chi connectivity index (χ0) is 23.5. The number of imidazole rings is 1. The number of aromatic amines is 1. The van der Waals surface area contributed by atoms with Gasteiger partial charge in [-0.1, -0.05) is 35.9 Å². The van der Waals surface area contributed by atoms with Crippen molar-refractivity contribution in [2.45, 2.75) is 19.6 Å². The quantitative estimate of drug-likeness (QED) is 0.407. The first-order valence-corrected chi connectivity index (χ1v) is 10.2. The maximum Gasteiger partial charge on any atom is 0.345 e. The lowest BCUT2D eigenvalue weighted by atomic mass is 10.2. The number of nitrogens with zero attached hydrogens (tertiary/aromatic N) is 3. The van der Waals surface area contributed by atoms with Crippen molar-refractivity contribution in [3.8, 4) is 11.8 Å². The van der Waals surface area contributed by atoms with Crippen LogP contribution in [0.2, 0.25) is 0 Å². The lowest BCUT2D eigenvalue weighted by molar-refractivity contribution is 0.0684. The minimum absolute atomic E-state index is 0.0117. The fourth-order valence-electron chi connectivity index (χ4n) is 3.27. The van der Waals surface area contributed by atoms with Crippen LogP contribution < -0.4 is 20.7 Å². The third kappa shape index (κ3) is 4.70. The SMILES string of the molecule is Cc1ccc(OCC(O)Cn2c(OC(=O)c3ccccc3)nc3c2c(=O)[nH]c(=O)n3C)cc1. The zero-order valence-corrected chi connectivity index (χ0v) is 18.0. The Morgan fingerprint density at radius 1 is 1.12 bits per heavy atom. The number of aliphatic hydroxyl groups excluding tert-OH is 1. The summed E-state index contributed by atoms with van der Waals surface area (Å²) in [6, 6.07) is 15.4. The van der Waals surface area contributed by atoms with E-state index in [0.717, 1.165) is 10.1 Å². The van der Waals surface area contributed by atoms with Crippen LogP contribution in [0.3, 0.4) is 0 Å². The summed E-state index contributed by atoms with van der Waals surface area (Å²) in [6.45, 7) is 1.70. The first-order valence-electron chi connectivity index (χ1n) is 10.2. The summed E-state index contributed by atoms with van der Waals surface area (Å²) in [5, 5.41) is 10.6. The average molecular weight is 450 g/mol. The average Bonchev–Trinajstić information content (AvgIpc) is 3.16. The van der Waals surface area contributed by atoms with E-state index in [-0.39, 0.29) is 35.9 Å². The van der Waals surface area contributed by atoms with Crippen molar-refractivity contribution in [3.05, 3.63) is 86.6 Å². The molecule has 2 aromatic carbocycles. The summed E-state index contributed by atoms with van der Waals surface area (Å²) >= 11 is 0. The molecule has 0 amide bonds. The molecule has 0 bridgehead atoms. The summed E-state index contributed by atoms with van der Waals surface area (Å²) in [7, 11) is 1.43. The highest BCUT2D eigenvalue weighted by Crippen LogP contribution is 2.20. The van der Waals surface area contributed by atoms with E-state index in [9.17, 15) is 19.5 Å². The van der Waals surface area contributed by atoms with Gasteiger partial charge in [-0.3, -0.25) is 18.9 Å². The van der Waals surface area contributed by atoms with Crippen LogP contribution >= 0.6 is 0 Å². The molecule has 2 aromatic heterocycles. The second kappa shape index (κ2) is 9.13. The Morgan fingerprint density at radius 3 is 2.52 bits per heavy atom. The van der Waals surface area contributed by atoms with Gasteiger partial charge in [-0.15, -0.1) is 0 Å². The van der Waals surface area contributed by atoms with Crippen LogP contribution in [0.5, 0.6) is 11.8 Å². The van der Waals surface area contributed by atoms with Gasteiger partial charge in [-0.05, 0) is 31.2 Å². The van der Waals surface area contributed by atoms with Gasteiger partial charge in [0.05, 0.1) is 12.1 Å². The predicted octanol–water partition coefficient (Wildman–Crippen LogP) is 1.39. The topological polar surface area (TPSA) is 128 Å². The van der Waals surface area contributed by atoms with Crippen molar-refractivity contribution in [2.24, 2.45) is 7.05 Å². The smallest absolute Gasteiger partial charge is 0.345 e. The van der Waals surface area contributed by atoms with Gasteiger partial charge in [0.2, 0.25) is 0 Å². The van der Waals surface area contributed by atoms with E-state index in [1.54, 1.807) is 42.5 Å². The maximum absolute atomic E-state index is 12.6. The Bertz CT molecular complexity index is 1400. The van der Waals surface area contributed by atoms with E-state index in [4.69, 9.17) is 9.47 Å². The van der Waals surface area contributed by atoms with E-state index in [2.05, 4.69) is 9.97 Å². The minimum Gasteiger partial charge on any atom is -0.491 e. The molecule has 1 unspecified atom stereocenters. The van der Waals surface area contributed by atoms with Gasteiger partial charge in [0.15, 0.2) is 11.2 Å². The van der Waals surface area contributed by atoms with Crippen LogP contribution in [0.4, 0.5) is 0 Å². The van der Waals surface area contributed by atoms with Gasteiger partial charge in [0, 0.05) is 7.05 Å². The third-order valence-electron chi connectivity index (χ3n) is 5.02. The third-order valence-corrected chi connectivity index (χ3v) is 5.02. The number of carbonyl (C=O) groups excluding carboxylic acids is 1. The molecule has 0 aliphatic heterocycles. The summed E-state index contributed by atoms with van der Waals surface area (Å²) < 4.78 is 13.4. The van der Waals surface area contributed by atoms with E-state index in [0.29, 0.717) is 5.75 Å². The molecule has 170 valence electrons. The molecule has 10 heteroatoms. The standard InChI is InChI=1S/C23H22N4O6/c1-14-8-10-17(11-9-14)32-13-16(28)12-27-18-19(26(2)22(31)25-20(18)29)24-23(27)33-21(30)15-6-4-3-5-7-15/h3-11,16,28H,12-13H2,1-2H3,(H,25,29,31). The predicted molar refractivity (Wildman–Crippen MR) is 120 cm³/mol. The number of aliphatic hydroxyl groups is 1. The highest BCUT2D eigenvalue weighted by molar-refractivity contribution is 5.91. The van der Waals surface area contributed by atoms with E-state index >= 15 is 0 Å². The molecule has 1 atom stereocenters. The number of aryl methyl sites for hydroxylation is 2. The number of benzene rings is 2. The Hall–Kier alpha value is -4.18. The summed E-state index contributed by atoms with van der Waals surface area (Å²) in [5.74, 6) is -0.120. The van der Waals surface area contributed by atoms with Crippen LogP contribution in [0.25, 0.3) is 11.2 Å². The van der Waals surface area contributed by atoms with Crippen LogP contribution in [0, 0.1) is 6.92 Å². The molecule has 2 N–H and O–H groups in total. The fourth-order valence-corrected chi connectivity index (χ4v) is 3.27. The molecule has 2 heterocycles. The molecule has 4 rings (SSSR count). The summed E-state index contributed by atoms with van der Waals surface area (Å²) in [6.07, 6.45) is -1.07. The van der Waals surface area contributed by atoms with E-state index in [1.165, 1.54) is 11.6 Å². The number of rotatable bonds is 7. The molecule has 0 aliphatic carbocycles. The van der Waals surface area contributed by atoms with E-state index < -0.39 is 23.3 Å². The van der Waals surface area contributed by atoms with Gasteiger partial charge in [0.25, 0.3) is 5.56 Å². The highest BCUT2D eigenvalue weighted by atomic mass is 16.6. The highest BCUT2D eigenvalue weighted by Gasteiger charge is 2.23. The molecule has 0 fully saturated rings. The van der Waals surface area contributed by atoms with Crippen LogP contribution in [-0.2, 0) is 13.6 Å². The summed E-state index contributed by atoms with van der Waals surface area (Å²) in [4.78, 5) is 43.5. The van der Waals surface area contributed by atoms with Gasteiger partial charge in [-0.2, -0.15) is 4.98 Å². The van der Waals surface area contributed by atoms with Gasteiger partial charge < -0.3 is 14.6 Å². The number of esters is 1. The van der Waals surface area contributed by atoms with Crippen molar-refractivity contribution < 1.29 is 19.4 Å². The van der Waals surface area contributed by atoms with E-state index in [1.807, 2.05) is 19.1 Å². The second-order valence-corrected chi connectivity index (χ2v) is 7.53. The molecule has 0 saturated heterocycles. The van der Waals surface area contributed by atoms with Crippen LogP contribution in [0.1, 0.15) is 15.9 Å². The lowest BCUT2D eigenvalue weighted by Gasteiger charge is -2.15. The number of hydrogen-bond donors (Lipinski definition) is 2. The second-order valence-electron chi connectivity index (χ2n) is 7.53. The fraction of sp³-hybridized carbons (Fsp3) is 0.217. The summed E-state index contributed by atoms with van der Waals surface area (Å²) in [5.41, 5.74) is -0.0196. The Labute approximate surface area is 187 Å². The molecular formula is C23H22N4O6. The van der Waals surface area contributed by atoms with Crippen molar-refractivity contribution >= 4 is 17.1 Å². The first-order chi connectivity index (χ1) is 15.8. The van der Waals surface area contributed by atoms with Gasteiger partial charge in [0.1, 0.15) is 18.5 Å². The minimum atomic E-state index is -1.07. The molecule has 33 heavy (non-hydrogen) atoms. The Morgan fingerprint density at radius 2 is 1.82 bits per heavy atom. The Balaban J connectivity index is 1.65. The van der Waals surface area contributed by atoms with Crippen LogP contribution in [0.15, 0.2) is 64.2 Å². The molecule has 0 radical (unpaired) electrons. The number of nitrogens with one attached hydrogen (secondary N) is 1. The molecule has 0 spiro atoms. The number of hydrogen-bond acceptors (Lipinski definition) is 7. The normalized spacial score (nSPS) is 12.0. The number of ether oxygens (including phenoxy) is 2. The number of H-pyrrole nitrogens is 1. The monoisotopic (exact) mass is 450 g/mol. The molecule has 10 nitrogen and oxygen atoms in total. The number of fused-ring (bicyclic) bond motifs is 1. The molecule has 4 aromatic rings. The largest absolute Gasteiger partial charge is 0.491 e. The number of carbonyl (C=O) groups is 1. The molecule has 0 aliphatic rings. The van der Waals surface area contributed by atoms with Crippen molar-refractivity contribution in [3.63, 3.8) is 0 Å². The first kappa shape index (κ1) is 22.0.